The molecule has 0 spiro atoms. The summed E-state index contributed by atoms with van der Waals surface area (Å²) >= 11 is 6.89. The fourth-order valence-electron chi connectivity index (χ4n) is 6.89. The molecule has 0 saturated carbocycles. The van der Waals surface area contributed by atoms with Gasteiger partial charge in [0.2, 0.25) is 0 Å². The van der Waals surface area contributed by atoms with E-state index in [2.05, 4.69) is 10.3 Å². The molecule has 2 fully saturated rings. The van der Waals surface area contributed by atoms with Gasteiger partial charge in [-0.05, 0) is 91.1 Å². The smallest absolute Gasteiger partial charge is 0.410 e. The zero-order valence-electron chi connectivity index (χ0n) is 26.3. The van der Waals surface area contributed by atoms with Gasteiger partial charge in [0.25, 0.3) is 0 Å². The van der Waals surface area contributed by atoms with Crippen LogP contribution in [0.2, 0.25) is 5.02 Å². The summed E-state index contributed by atoms with van der Waals surface area (Å²) in [6.07, 6.45) is 2.34. The Balaban J connectivity index is 1.48. The quantitative estimate of drug-likeness (QED) is 0.365. The molecule has 1 aromatic heterocycles. The van der Waals surface area contributed by atoms with Gasteiger partial charge in [-0.25, -0.2) is 18.4 Å². The van der Waals surface area contributed by atoms with Crippen LogP contribution < -0.4 is 20.6 Å². The van der Waals surface area contributed by atoms with E-state index >= 15 is 4.39 Å². The summed E-state index contributed by atoms with van der Waals surface area (Å²) in [6.45, 7) is 12.2. The highest BCUT2D eigenvalue weighted by Crippen LogP contribution is 2.48. The molecule has 3 aliphatic rings. The summed E-state index contributed by atoms with van der Waals surface area (Å²) in [5, 5.41) is 4.18. The molecular weight excluding hydrogens is 604 g/mol. The lowest BCUT2D eigenvalue weighted by Crippen LogP contribution is -2.59. The number of anilines is 1. The van der Waals surface area contributed by atoms with Gasteiger partial charge in [0.1, 0.15) is 29.7 Å². The number of hydrogen-bond acceptors (Lipinski definition) is 7. The molecule has 3 aromatic rings. The van der Waals surface area contributed by atoms with Crippen molar-refractivity contribution in [2.75, 3.05) is 37.7 Å². The number of halogens is 3. The summed E-state index contributed by atoms with van der Waals surface area (Å²) < 4.78 is 42.8. The lowest BCUT2D eigenvalue weighted by Gasteiger charge is -2.45. The molecule has 2 aromatic carbocycles. The van der Waals surface area contributed by atoms with E-state index in [-0.39, 0.29) is 46.6 Å². The third-order valence-corrected chi connectivity index (χ3v) is 9.33. The number of nitrogens with one attached hydrogen (secondary N) is 1. The van der Waals surface area contributed by atoms with Crippen molar-refractivity contribution < 1.29 is 23.0 Å². The van der Waals surface area contributed by atoms with Gasteiger partial charge in [-0.1, -0.05) is 11.6 Å². The van der Waals surface area contributed by atoms with E-state index in [0.717, 1.165) is 38.4 Å². The zero-order chi connectivity index (χ0) is 32.2. The van der Waals surface area contributed by atoms with Crippen molar-refractivity contribution >= 4 is 34.4 Å². The van der Waals surface area contributed by atoms with E-state index in [9.17, 15) is 14.0 Å². The van der Waals surface area contributed by atoms with Crippen molar-refractivity contribution in [2.24, 2.45) is 5.92 Å². The molecule has 4 heterocycles. The number of amides is 1. The highest BCUT2D eigenvalue weighted by Gasteiger charge is 2.38. The Morgan fingerprint density at radius 1 is 1.13 bits per heavy atom. The van der Waals surface area contributed by atoms with E-state index in [4.69, 9.17) is 21.1 Å². The Labute approximate surface area is 266 Å². The number of ether oxygens (including phenoxy) is 2. The Morgan fingerprint density at radius 2 is 1.87 bits per heavy atom. The van der Waals surface area contributed by atoms with Crippen LogP contribution in [0.1, 0.15) is 59.9 Å². The van der Waals surface area contributed by atoms with Gasteiger partial charge in [0.15, 0.2) is 5.75 Å². The molecule has 1 amide bonds. The number of piperidine rings is 1. The van der Waals surface area contributed by atoms with Crippen LogP contribution in [0.4, 0.5) is 19.4 Å². The van der Waals surface area contributed by atoms with Crippen LogP contribution >= 0.6 is 11.6 Å². The van der Waals surface area contributed by atoms with Gasteiger partial charge in [-0.3, -0.25) is 4.57 Å². The average Bonchev–Trinajstić information content (AvgIpc) is 2.96. The number of nitrogens with zero attached hydrogens (tertiary/aromatic N) is 4. The van der Waals surface area contributed by atoms with E-state index in [1.54, 1.807) is 15.5 Å². The first-order chi connectivity index (χ1) is 21.3. The lowest BCUT2D eigenvalue weighted by molar-refractivity contribution is 0.0130. The number of hydrogen-bond donors (Lipinski definition) is 1. The van der Waals surface area contributed by atoms with Crippen LogP contribution in [-0.2, 0) is 4.74 Å². The highest BCUT2D eigenvalue weighted by molar-refractivity contribution is 6.35. The minimum Gasteiger partial charge on any atom is -0.488 e. The standard InChI is InChI=1S/C33H40ClF2N5O4/c1-18-16-40(32(43)45-33(3,4)5)19(2)15-39(18)30-24-14-25(34)27(23-7-6-21(35)13-26(23)36)29-28(24)41(31(42)38-30)22(17-44-29)12-20-8-10-37-11-9-20/h6-7,13-14,18-20,22,37H,8-12,15-17H2,1-5H3/t18-,19+,22+/m0/s1. The molecule has 0 bridgehead atoms. The first kappa shape index (κ1) is 31.5. The predicted octanol–water partition coefficient (Wildman–Crippen LogP) is 6.15. The zero-order valence-corrected chi connectivity index (χ0v) is 27.1. The molecule has 3 aliphatic heterocycles. The molecular formula is C33H40ClF2N5O4. The minimum atomic E-state index is -0.781. The number of piperazine rings is 1. The minimum absolute atomic E-state index is 0.0837. The van der Waals surface area contributed by atoms with Crippen molar-refractivity contribution in [1.82, 2.24) is 19.8 Å². The summed E-state index contributed by atoms with van der Waals surface area (Å²) in [4.78, 5) is 35.4. The fourth-order valence-corrected chi connectivity index (χ4v) is 7.19. The number of benzene rings is 2. The molecule has 45 heavy (non-hydrogen) atoms. The Morgan fingerprint density at radius 3 is 2.56 bits per heavy atom. The van der Waals surface area contributed by atoms with Gasteiger partial charge in [0.05, 0.1) is 16.6 Å². The monoisotopic (exact) mass is 643 g/mol. The van der Waals surface area contributed by atoms with Gasteiger partial charge in [0, 0.05) is 47.8 Å². The van der Waals surface area contributed by atoms with Crippen LogP contribution in [0.3, 0.4) is 0 Å². The van der Waals surface area contributed by atoms with Crippen molar-refractivity contribution in [3.8, 4) is 16.9 Å². The van der Waals surface area contributed by atoms with E-state index in [0.29, 0.717) is 35.7 Å². The Bertz CT molecular complexity index is 1690. The van der Waals surface area contributed by atoms with Crippen molar-refractivity contribution in [3.05, 3.63) is 51.4 Å². The maximum Gasteiger partial charge on any atom is 0.410 e. The molecule has 9 nitrogen and oxygen atoms in total. The maximum absolute atomic E-state index is 15.2. The molecule has 6 rings (SSSR count). The van der Waals surface area contributed by atoms with Crippen LogP contribution in [0.25, 0.3) is 22.0 Å². The van der Waals surface area contributed by atoms with Crippen LogP contribution in [0.5, 0.6) is 5.75 Å². The lowest BCUT2D eigenvalue weighted by atomic mass is 9.90. The highest BCUT2D eigenvalue weighted by atomic mass is 35.5. The molecule has 3 atom stereocenters. The van der Waals surface area contributed by atoms with Crippen LogP contribution in [0, 0.1) is 17.6 Å². The second-order valence-electron chi connectivity index (χ2n) is 13.5. The summed E-state index contributed by atoms with van der Waals surface area (Å²) in [5.74, 6) is -0.377. The number of carbonyl (C=O) groups excluding carboxylic acids is 1. The van der Waals surface area contributed by atoms with Crippen LogP contribution in [0.15, 0.2) is 29.1 Å². The SMILES string of the molecule is C[C@@H]1CN(c2nc(=O)n3c4c(c(-c5ccc(F)cc5F)c(Cl)cc24)OC[C@H]3CC2CCNCC2)[C@@H](C)CN1C(=O)OC(C)(C)C. The van der Waals surface area contributed by atoms with Crippen LogP contribution in [-0.4, -0.2) is 71.0 Å². The Hall–Kier alpha value is -3.44. The van der Waals surface area contributed by atoms with Crippen molar-refractivity contribution in [1.29, 1.82) is 0 Å². The predicted molar refractivity (Wildman–Crippen MR) is 170 cm³/mol. The summed E-state index contributed by atoms with van der Waals surface area (Å²) in [7, 11) is 0. The van der Waals surface area contributed by atoms with E-state index in [1.165, 1.54) is 12.1 Å². The largest absolute Gasteiger partial charge is 0.488 e. The number of aromatic nitrogens is 2. The first-order valence-corrected chi connectivity index (χ1v) is 16.0. The third-order valence-electron chi connectivity index (χ3n) is 9.03. The van der Waals surface area contributed by atoms with Gasteiger partial charge in [-0.15, -0.1) is 0 Å². The molecule has 12 heteroatoms. The maximum atomic E-state index is 15.2. The average molecular weight is 644 g/mol. The number of rotatable bonds is 4. The fraction of sp³-hybridized carbons (Fsp3) is 0.545. The molecule has 0 unspecified atom stereocenters. The van der Waals surface area contributed by atoms with E-state index < -0.39 is 29.0 Å². The van der Waals surface area contributed by atoms with Gasteiger partial charge < -0.3 is 24.6 Å². The number of carbonyl (C=O) groups is 1. The third kappa shape index (κ3) is 6.08. The molecule has 0 radical (unpaired) electrons. The second kappa shape index (κ2) is 12.1. The first-order valence-electron chi connectivity index (χ1n) is 15.7. The second-order valence-corrected chi connectivity index (χ2v) is 14.0. The summed E-state index contributed by atoms with van der Waals surface area (Å²) in [5.41, 5.74) is -0.216. The molecule has 1 N–H and O–H groups in total. The Kier molecular flexibility index (Phi) is 8.45. The molecule has 0 aliphatic carbocycles. The normalized spacial score (nSPS) is 22.4. The molecule has 2 saturated heterocycles. The van der Waals surface area contributed by atoms with Gasteiger partial charge in [-0.2, -0.15) is 4.98 Å². The summed E-state index contributed by atoms with van der Waals surface area (Å²) in [6, 6.07) is 4.29. The molecule has 242 valence electrons. The van der Waals surface area contributed by atoms with Crippen molar-refractivity contribution in [3.63, 3.8) is 0 Å². The van der Waals surface area contributed by atoms with E-state index in [1.807, 2.05) is 39.5 Å². The van der Waals surface area contributed by atoms with Crippen molar-refractivity contribution in [2.45, 2.75) is 77.6 Å². The topological polar surface area (TPSA) is 88.9 Å². The van der Waals surface area contributed by atoms with Gasteiger partial charge >= 0.3 is 11.8 Å².